The average Bonchev–Trinajstić information content (AvgIpc) is 2.73. The standard InChI is InChI=1S/C22H27BrN2O4S/c1-16(17-7-9-18(23)10-8-17)24-22(26)15-29-20-11-13-21(14-12-20)30(27,28)25-19-5-3-2-4-6-19/h7-14,16,19,25H,2-6,15H2,1H3,(H,24,26). The molecule has 0 radical (unpaired) electrons. The smallest absolute Gasteiger partial charge is 0.258 e. The Morgan fingerprint density at radius 3 is 2.33 bits per heavy atom. The van der Waals surface area contributed by atoms with Crippen LogP contribution in [0.3, 0.4) is 0 Å². The third-order valence-electron chi connectivity index (χ3n) is 5.18. The van der Waals surface area contributed by atoms with E-state index in [0.29, 0.717) is 5.75 Å². The summed E-state index contributed by atoms with van der Waals surface area (Å²) in [5.74, 6) is 0.194. The van der Waals surface area contributed by atoms with E-state index in [1.807, 2.05) is 31.2 Å². The Labute approximate surface area is 186 Å². The van der Waals surface area contributed by atoms with Crippen LogP contribution in [0.4, 0.5) is 0 Å². The summed E-state index contributed by atoms with van der Waals surface area (Å²) in [6.07, 6.45) is 5.05. The van der Waals surface area contributed by atoms with Crippen molar-refractivity contribution in [2.24, 2.45) is 0 Å². The second kappa shape index (κ2) is 10.4. The van der Waals surface area contributed by atoms with Crippen LogP contribution in [-0.4, -0.2) is 27.0 Å². The number of sulfonamides is 1. The maximum absolute atomic E-state index is 12.5. The van der Waals surface area contributed by atoms with Gasteiger partial charge < -0.3 is 10.1 Å². The summed E-state index contributed by atoms with van der Waals surface area (Å²) in [7, 11) is -3.55. The SMILES string of the molecule is CC(NC(=O)COc1ccc(S(=O)(=O)NC2CCCCC2)cc1)c1ccc(Br)cc1. The Kier molecular flexibility index (Phi) is 7.91. The van der Waals surface area contributed by atoms with Crippen LogP contribution in [0.5, 0.6) is 5.75 Å². The van der Waals surface area contributed by atoms with E-state index < -0.39 is 10.0 Å². The zero-order valence-corrected chi connectivity index (χ0v) is 19.3. The summed E-state index contributed by atoms with van der Waals surface area (Å²) in [4.78, 5) is 12.4. The van der Waals surface area contributed by atoms with Gasteiger partial charge in [0, 0.05) is 10.5 Å². The summed E-state index contributed by atoms with van der Waals surface area (Å²) >= 11 is 3.39. The molecule has 1 atom stereocenters. The van der Waals surface area contributed by atoms with Crippen LogP contribution in [0.15, 0.2) is 57.9 Å². The number of benzene rings is 2. The zero-order chi connectivity index (χ0) is 21.6. The van der Waals surface area contributed by atoms with E-state index in [1.165, 1.54) is 18.6 Å². The Morgan fingerprint density at radius 1 is 1.07 bits per heavy atom. The predicted molar refractivity (Wildman–Crippen MR) is 120 cm³/mol. The largest absolute Gasteiger partial charge is 0.484 e. The van der Waals surface area contributed by atoms with Crippen molar-refractivity contribution >= 4 is 31.9 Å². The molecular formula is C22H27BrN2O4S. The molecule has 0 bridgehead atoms. The fourth-order valence-electron chi connectivity index (χ4n) is 3.49. The topological polar surface area (TPSA) is 84.5 Å². The quantitative estimate of drug-likeness (QED) is 0.572. The molecule has 0 aromatic heterocycles. The van der Waals surface area contributed by atoms with Crippen molar-refractivity contribution in [3.8, 4) is 5.75 Å². The van der Waals surface area contributed by atoms with Crippen LogP contribution in [0.1, 0.15) is 50.6 Å². The summed E-state index contributed by atoms with van der Waals surface area (Å²) in [5.41, 5.74) is 0.992. The Bertz CT molecular complexity index is 940. The molecule has 0 saturated heterocycles. The van der Waals surface area contributed by atoms with Crippen molar-refractivity contribution in [2.75, 3.05) is 6.61 Å². The highest BCUT2D eigenvalue weighted by Gasteiger charge is 2.21. The van der Waals surface area contributed by atoms with Gasteiger partial charge in [0.1, 0.15) is 5.75 Å². The molecule has 6 nitrogen and oxygen atoms in total. The minimum atomic E-state index is -3.55. The van der Waals surface area contributed by atoms with Crippen molar-refractivity contribution in [1.29, 1.82) is 0 Å². The molecule has 1 fully saturated rings. The Hall–Kier alpha value is -1.90. The van der Waals surface area contributed by atoms with Crippen LogP contribution in [-0.2, 0) is 14.8 Å². The first-order chi connectivity index (χ1) is 14.3. The van der Waals surface area contributed by atoms with E-state index >= 15 is 0 Å². The van der Waals surface area contributed by atoms with E-state index in [1.54, 1.807) is 12.1 Å². The molecule has 1 saturated carbocycles. The third-order valence-corrected chi connectivity index (χ3v) is 7.24. The molecular weight excluding hydrogens is 468 g/mol. The molecule has 3 rings (SSSR count). The van der Waals surface area contributed by atoms with E-state index in [2.05, 4.69) is 26.0 Å². The van der Waals surface area contributed by atoms with Crippen LogP contribution < -0.4 is 14.8 Å². The molecule has 1 unspecified atom stereocenters. The van der Waals surface area contributed by atoms with E-state index in [-0.39, 0.29) is 29.5 Å². The average molecular weight is 495 g/mol. The molecule has 0 spiro atoms. The Balaban J connectivity index is 1.50. The molecule has 1 aliphatic carbocycles. The van der Waals surface area contributed by atoms with Gasteiger partial charge in [-0.3, -0.25) is 4.79 Å². The summed E-state index contributed by atoms with van der Waals surface area (Å²) in [6, 6.07) is 13.7. The molecule has 162 valence electrons. The fraction of sp³-hybridized carbons (Fsp3) is 0.409. The highest BCUT2D eigenvalue weighted by atomic mass is 79.9. The van der Waals surface area contributed by atoms with Crippen molar-refractivity contribution in [3.63, 3.8) is 0 Å². The lowest BCUT2D eigenvalue weighted by Gasteiger charge is -2.22. The lowest BCUT2D eigenvalue weighted by molar-refractivity contribution is -0.123. The lowest BCUT2D eigenvalue weighted by Crippen LogP contribution is -2.36. The van der Waals surface area contributed by atoms with Gasteiger partial charge in [0.25, 0.3) is 5.91 Å². The highest BCUT2D eigenvalue weighted by molar-refractivity contribution is 9.10. The molecule has 0 aliphatic heterocycles. The molecule has 8 heteroatoms. The first-order valence-electron chi connectivity index (χ1n) is 10.1. The number of nitrogens with one attached hydrogen (secondary N) is 2. The molecule has 2 aromatic carbocycles. The van der Waals surface area contributed by atoms with E-state index in [0.717, 1.165) is 35.7 Å². The van der Waals surface area contributed by atoms with Crippen LogP contribution in [0.25, 0.3) is 0 Å². The third kappa shape index (κ3) is 6.55. The number of rotatable bonds is 8. The number of hydrogen-bond donors (Lipinski definition) is 2. The normalized spacial score (nSPS) is 16.1. The van der Waals surface area contributed by atoms with Gasteiger partial charge in [-0.15, -0.1) is 0 Å². The number of carbonyl (C=O) groups is 1. The van der Waals surface area contributed by atoms with E-state index in [4.69, 9.17) is 4.74 Å². The van der Waals surface area contributed by atoms with Crippen molar-refractivity contribution in [2.45, 2.75) is 56.0 Å². The molecule has 2 aromatic rings. The lowest BCUT2D eigenvalue weighted by atomic mass is 9.96. The van der Waals surface area contributed by atoms with Gasteiger partial charge in [0.05, 0.1) is 10.9 Å². The zero-order valence-electron chi connectivity index (χ0n) is 16.9. The first kappa shape index (κ1) is 22.8. The van der Waals surface area contributed by atoms with Gasteiger partial charge in [-0.25, -0.2) is 13.1 Å². The second-order valence-corrected chi connectivity index (χ2v) is 10.2. The minimum absolute atomic E-state index is 0.0103. The number of carbonyl (C=O) groups excluding carboxylic acids is 1. The summed E-state index contributed by atoms with van der Waals surface area (Å²) in [6.45, 7) is 1.76. The van der Waals surface area contributed by atoms with Crippen LogP contribution >= 0.6 is 15.9 Å². The predicted octanol–water partition coefficient (Wildman–Crippen LogP) is 4.32. The van der Waals surface area contributed by atoms with Crippen molar-refractivity contribution in [1.82, 2.24) is 10.0 Å². The van der Waals surface area contributed by atoms with Crippen molar-refractivity contribution < 1.29 is 17.9 Å². The van der Waals surface area contributed by atoms with Gasteiger partial charge in [0.15, 0.2) is 6.61 Å². The maximum Gasteiger partial charge on any atom is 0.258 e. The number of amides is 1. The number of hydrogen-bond acceptors (Lipinski definition) is 4. The second-order valence-electron chi connectivity index (χ2n) is 7.56. The molecule has 1 amide bonds. The number of halogens is 1. The van der Waals surface area contributed by atoms with Gasteiger partial charge in [-0.1, -0.05) is 47.3 Å². The fourth-order valence-corrected chi connectivity index (χ4v) is 5.06. The molecule has 2 N–H and O–H groups in total. The summed E-state index contributed by atoms with van der Waals surface area (Å²) < 4.78 is 34.3. The number of ether oxygens (including phenoxy) is 1. The van der Waals surface area contributed by atoms with Gasteiger partial charge in [0.2, 0.25) is 10.0 Å². The summed E-state index contributed by atoms with van der Waals surface area (Å²) in [5, 5.41) is 2.88. The first-order valence-corrected chi connectivity index (χ1v) is 12.4. The molecule has 1 aliphatic rings. The molecule has 30 heavy (non-hydrogen) atoms. The van der Waals surface area contributed by atoms with Gasteiger partial charge in [-0.05, 0) is 61.7 Å². The minimum Gasteiger partial charge on any atom is -0.484 e. The monoisotopic (exact) mass is 494 g/mol. The molecule has 0 heterocycles. The maximum atomic E-state index is 12.5. The highest BCUT2D eigenvalue weighted by Crippen LogP contribution is 2.21. The van der Waals surface area contributed by atoms with Gasteiger partial charge >= 0.3 is 0 Å². The van der Waals surface area contributed by atoms with Crippen LogP contribution in [0.2, 0.25) is 0 Å². The van der Waals surface area contributed by atoms with Gasteiger partial charge in [-0.2, -0.15) is 0 Å². The van der Waals surface area contributed by atoms with E-state index in [9.17, 15) is 13.2 Å². The van der Waals surface area contributed by atoms with Crippen LogP contribution in [0, 0.1) is 0 Å². The van der Waals surface area contributed by atoms with Crippen molar-refractivity contribution in [3.05, 3.63) is 58.6 Å². The Morgan fingerprint density at radius 2 is 1.70 bits per heavy atom.